The van der Waals surface area contributed by atoms with Gasteiger partial charge in [0.2, 0.25) is 17.7 Å². The van der Waals surface area contributed by atoms with Crippen LogP contribution in [0.1, 0.15) is 33.6 Å². The summed E-state index contributed by atoms with van der Waals surface area (Å²) in [5.74, 6) is -5.62. The summed E-state index contributed by atoms with van der Waals surface area (Å²) < 4.78 is 0. The molecular weight excluding hydrogens is 376 g/mol. The van der Waals surface area contributed by atoms with Crippen LogP contribution in [0.5, 0.6) is 0 Å². The number of aliphatic hydroxyl groups is 1. The third-order valence-electron chi connectivity index (χ3n) is 4.06. The fraction of sp³-hybridized carbons (Fsp3) is 0.688. The second kappa shape index (κ2) is 11.9. The molecule has 0 aromatic carbocycles. The molecule has 0 aromatic rings. The zero-order valence-electron chi connectivity index (χ0n) is 16.0. The van der Waals surface area contributed by atoms with E-state index in [4.69, 9.17) is 15.9 Å². The molecule has 28 heavy (non-hydrogen) atoms. The average molecular weight is 404 g/mol. The number of carbonyl (C=O) groups excluding carboxylic acids is 3. The first-order valence-corrected chi connectivity index (χ1v) is 8.66. The van der Waals surface area contributed by atoms with E-state index in [1.165, 1.54) is 6.92 Å². The van der Waals surface area contributed by atoms with Crippen molar-refractivity contribution in [1.29, 1.82) is 0 Å². The fourth-order valence-electron chi connectivity index (χ4n) is 2.06. The van der Waals surface area contributed by atoms with Gasteiger partial charge in [-0.3, -0.25) is 19.2 Å². The first-order chi connectivity index (χ1) is 12.9. The van der Waals surface area contributed by atoms with Crippen molar-refractivity contribution in [3.63, 3.8) is 0 Å². The molecule has 0 rings (SSSR count). The van der Waals surface area contributed by atoms with Crippen molar-refractivity contribution in [2.45, 2.75) is 57.8 Å². The lowest BCUT2D eigenvalue weighted by atomic mass is 9.99. The molecule has 5 unspecified atom stereocenters. The minimum atomic E-state index is -1.74. The van der Waals surface area contributed by atoms with Crippen LogP contribution >= 0.6 is 0 Å². The molecule has 0 saturated carbocycles. The van der Waals surface area contributed by atoms with E-state index < -0.39 is 66.9 Å². The molecule has 0 saturated heterocycles. The summed E-state index contributed by atoms with van der Waals surface area (Å²) in [4.78, 5) is 57.6. The Bertz CT molecular complexity index is 595. The van der Waals surface area contributed by atoms with Gasteiger partial charge in [0.1, 0.15) is 12.1 Å². The van der Waals surface area contributed by atoms with E-state index in [1.54, 1.807) is 6.92 Å². The van der Waals surface area contributed by atoms with Gasteiger partial charge in [0, 0.05) is 0 Å². The molecule has 0 aromatic heterocycles. The van der Waals surface area contributed by atoms with Crippen LogP contribution in [-0.4, -0.2) is 75.8 Å². The molecule has 0 spiro atoms. The molecule has 160 valence electrons. The number of hydrogen-bond acceptors (Lipinski definition) is 7. The topological polar surface area (TPSA) is 208 Å². The van der Waals surface area contributed by atoms with Crippen molar-refractivity contribution in [2.24, 2.45) is 11.7 Å². The summed E-state index contributed by atoms with van der Waals surface area (Å²) in [5.41, 5.74) is 5.73. The second-order valence-corrected chi connectivity index (χ2v) is 6.41. The Morgan fingerprint density at radius 1 is 1.00 bits per heavy atom. The monoisotopic (exact) mass is 404 g/mol. The van der Waals surface area contributed by atoms with Gasteiger partial charge in [-0.15, -0.1) is 0 Å². The Hall–Kier alpha value is -2.73. The summed E-state index contributed by atoms with van der Waals surface area (Å²) in [7, 11) is 0. The normalized spacial score (nSPS) is 16.0. The number of carbonyl (C=O) groups is 5. The van der Waals surface area contributed by atoms with Crippen LogP contribution in [0, 0.1) is 5.92 Å². The van der Waals surface area contributed by atoms with E-state index in [2.05, 4.69) is 10.6 Å². The molecule has 0 bridgehead atoms. The number of nitrogens with two attached hydrogens (primary N) is 1. The lowest BCUT2D eigenvalue weighted by molar-refractivity contribution is -0.147. The molecule has 12 nitrogen and oxygen atoms in total. The Morgan fingerprint density at radius 2 is 1.57 bits per heavy atom. The predicted molar refractivity (Wildman–Crippen MR) is 95.9 cm³/mol. The quantitative estimate of drug-likeness (QED) is 0.181. The van der Waals surface area contributed by atoms with Gasteiger partial charge in [-0.05, 0) is 12.8 Å². The number of hydrogen-bond donors (Lipinski definition) is 7. The number of nitrogens with one attached hydrogen (secondary N) is 3. The highest BCUT2D eigenvalue weighted by Crippen LogP contribution is 2.04. The summed E-state index contributed by atoms with van der Waals surface area (Å²) in [6, 6.07) is -4.11. The first kappa shape index (κ1) is 25.3. The van der Waals surface area contributed by atoms with Gasteiger partial charge in [0.05, 0.1) is 25.1 Å². The molecular formula is C16H28N4O8. The van der Waals surface area contributed by atoms with Crippen LogP contribution in [0.25, 0.3) is 0 Å². The summed E-state index contributed by atoms with van der Waals surface area (Å²) in [6.45, 7) is 4.28. The smallest absolute Gasteiger partial charge is 0.326 e. The van der Waals surface area contributed by atoms with E-state index in [-0.39, 0.29) is 5.92 Å². The van der Waals surface area contributed by atoms with Gasteiger partial charge >= 0.3 is 11.9 Å². The molecule has 12 heteroatoms. The lowest BCUT2D eigenvalue weighted by Gasteiger charge is -2.23. The number of aliphatic carboxylic acids is 2. The molecule has 8 N–H and O–H groups in total. The summed E-state index contributed by atoms with van der Waals surface area (Å²) in [5, 5.41) is 33.7. The minimum absolute atomic E-state index is 0.110. The highest BCUT2D eigenvalue weighted by molar-refractivity contribution is 5.93. The maximum atomic E-state index is 12.1. The zero-order chi connectivity index (χ0) is 22.0. The van der Waals surface area contributed by atoms with Crippen LogP contribution in [-0.2, 0) is 24.0 Å². The van der Waals surface area contributed by atoms with Crippen molar-refractivity contribution in [1.82, 2.24) is 16.0 Å². The van der Waals surface area contributed by atoms with Crippen molar-refractivity contribution in [2.75, 3.05) is 6.54 Å². The largest absolute Gasteiger partial charge is 0.481 e. The third-order valence-corrected chi connectivity index (χ3v) is 4.06. The lowest BCUT2D eigenvalue weighted by Crippen LogP contribution is -2.57. The molecule has 0 aliphatic heterocycles. The Balaban J connectivity index is 4.85. The maximum Gasteiger partial charge on any atom is 0.326 e. The molecule has 5 atom stereocenters. The van der Waals surface area contributed by atoms with E-state index in [9.17, 15) is 29.1 Å². The van der Waals surface area contributed by atoms with Crippen LogP contribution in [0.3, 0.4) is 0 Å². The van der Waals surface area contributed by atoms with Crippen LogP contribution in [0.15, 0.2) is 0 Å². The van der Waals surface area contributed by atoms with Gasteiger partial charge in [-0.1, -0.05) is 20.3 Å². The van der Waals surface area contributed by atoms with E-state index in [1.807, 2.05) is 12.2 Å². The molecule has 0 aliphatic carbocycles. The van der Waals surface area contributed by atoms with E-state index in [0.717, 1.165) is 0 Å². The fourth-order valence-corrected chi connectivity index (χ4v) is 2.06. The number of carboxylic acid groups (broad SMARTS) is 2. The standard InChI is InChI=1S/C16H28N4O8/c1-4-7(2)12(17)14(25)18-6-10(22)20-13(8(3)21)15(26)19-9(16(27)28)5-11(23)24/h7-9,12-13,21H,4-6,17H2,1-3H3,(H,18,25)(H,19,26)(H,20,22)(H,23,24)(H,27,28). The highest BCUT2D eigenvalue weighted by atomic mass is 16.4. The van der Waals surface area contributed by atoms with Crippen LogP contribution in [0.2, 0.25) is 0 Å². The van der Waals surface area contributed by atoms with Crippen LogP contribution < -0.4 is 21.7 Å². The van der Waals surface area contributed by atoms with Gasteiger partial charge in [0.25, 0.3) is 0 Å². The van der Waals surface area contributed by atoms with Crippen molar-refractivity contribution < 1.29 is 39.3 Å². The van der Waals surface area contributed by atoms with E-state index >= 15 is 0 Å². The molecule has 0 heterocycles. The van der Waals surface area contributed by atoms with Crippen molar-refractivity contribution in [3.8, 4) is 0 Å². The van der Waals surface area contributed by atoms with Gasteiger partial charge < -0.3 is 37.0 Å². The number of rotatable bonds is 12. The predicted octanol–water partition coefficient (Wildman–Crippen LogP) is -2.61. The van der Waals surface area contributed by atoms with Gasteiger partial charge in [0.15, 0.2) is 0 Å². The number of aliphatic hydroxyl groups excluding tert-OH is 1. The van der Waals surface area contributed by atoms with Crippen LogP contribution in [0.4, 0.5) is 0 Å². The van der Waals surface area contributed by atoms with Gasteiger partial charge in [-0.25, -0.2) is 4.79 Å². The Morgan fingerprint density at radius 3 is 2.00 bits per heavy atom. The summed E-state index contributed by atoms with van der Waals surface area (Å²) >= 11 is 0. The first-order valence-electron chi connectivity index (χ1n) is 8.66. The number of carboxylic acids is 2. The molecule has 0 fully saturated rings. The minimum Gasteiger partial charge on any atom is -0.481 e. The Labute approximate surface area is 161 Å². The number of amides is 3. The van der Waals surface area contributed by atoms with Crippen molar-refractivity contribution in [3.05, 3.63) is 0 Å². The SMILES string of the molecule is CCC(C)C(N)C(=O)NCC(=O)NC(C(=O)NC(CC(=O)O)C(=O)O)C(C)O. The van der Waals surface area contributed by atoms with E-state index in [0.29, 0.717) is 6.42 Å². The molecule has 3 amide bonds. The Kier molecular flexibility index (Phi) is 10.7. The molecule has 0 radical (unpaired) electrons. The third kappa shape index (κ3) is 8.77. The highest BCUT2D eigenvalue weighted by Gasteiger charge is 2.31. The zero-order valence-corrected chi connectivity index (χ0v) is 16.0. The van der Waals surface area contributed by atoms with Gasteiger partial charge in [-0.2, -0.15) is 0 Å². The summed E-state index contributed by atoms with van der Waals surface area (Å²) in [6.07, 6.45) is -1.64. The maximum absolute atomic E-state index is 12.1. The average Bonchev–Trinajstić information content (AvgIpc) is 2.61. The second-order valence-electron chi connectivity index (χ2n) is 6.41. The van der Waals surface area contributed by atoms with Crippen molar-refractivity contribution >= 4 is 29.7 Å². The molecule has 0 aliphatic rings.